The van der Waals surface area contributed by atoms with Crippen molar-refractivity contribution >= 4 is 40.5 Å². The maximum Gasteiger partial charge on any atom is 0.309 e. The van der Waals surface area contributed by atoms with Crippen molar-refractivity contribution in [2.45, 2.75) is 52.4 Å². The first-order valence-corrected chi connectivity index (χ1v) is 13.2. The first-order valence-electron chi connectivity index (χ1n) is 11.5. The van der Waals surface area contributed by atoms with Crippen LogP contribution in [0.1, 0.15) is 74.4 Å². The molecule has 178 valence electrons. The molecule has 0 unspecified atom stereocenters. The van der Waals surface area contributed by atoms with Crippen LogP contribution in [0, 0.1) is 19.8 Å². The van der Waals surface area contributed by atoms with Crippen LogP contribution in [0.25, 0.3) is 0 Å². The lowest BCUT2D eigenvalue weighted by atomic mass is 9.96. The number of piperidine rings is 2. The average Bonchev–Trinajstić information content (AvgIpc) is 3.45. The SMILES string of the molecule is CCOC(=O)C1CCN(C(=O)c2csc(C3CCN(C(=O)c4sc(C)nc4C)CC3)n2)CC1. The Morgan fingerprint density at radius 2 is 1.64 bits per heavy atom. The molecule has 2 amide bonds. The van der Waals surface area contributed by atoms with Crippen molar-refractivity contribution in [3.63, 3.8) is 0 Å². The molecule has 2 aliphatic rings. The largest absolute Gasteiger partial charge is 0.466 e. The molecular formula is C23H30N4O4S2. The highest BCUT2D eigenvalue weighted by Gasteiger charge is 2.31. The summed E-state index contributed by atoms with van der Waals surface area (Å²) in [6, 6.07) is 0. The number of hydrogen-bond acceptors (Lipinski definition) is 8. The van der Waals surface area contributed by atoms with Gasteiger partial charge in [-0.25, -0.2) is 9.97 Å². The molecule has 4 heterocycles. The molecule has 10 heteroatoms. The maximum absolute atomic E-state index is 12.9. The van der Waals surface area contributed by atoms with Crippen molar-refractivity contribution in [2.75, 3.05) is 32.8 Å². The van der Waals surface area contributed by atoms with Gasteiger partial charge in [0.25, 0.3) is 11.8 Å². The topological polar surface area (TPSA) is 92.7 Å². The predicted octanol–water partition coefficient (Wildman–Crippen LogP) is 3.65. The van der Waals surface area contributed by atoms with Gasteiger partial charge < -0.3 is 14.5 Å². The molecule has 2 aliphatic heterocycles. The number of carbonyl (C=O) groups excluding carboxylic acids is 3. The number of aromatic nitrogens is 2. The Bertz CT molecular complexity index is 1020. The molecule has 33 heavy (non-hydrogen) atoms. The maximum atomic E-state index is 12.9. The smallest absolute Gasteiger partial charge is 0.309 e. The molecule has 2 fully saturated rings. The van der Waals surface area contributed by atoms with Crippen LogP contribution in [-0.4, -0.2) is 70.3 Å². The Morgan fingerprint density at radius 1 is 1.00 bits per heavy atom. The number of hydrogen-bond donors (Lipinski definition) is 0. The van der Waals surface area contributed by atoms with E-state index in [1.54, 1.807) is 11.8 Å². The number of nitrogens with zero attached hydrogens (tertiary/aromatic N) is 4. The van der Waals surface area contributed by atoms with Crippen molar-refractivity contribution in [3.8, 4) is 0 Å². The van der Waals surface area contributed by atoms with E-state index in [0.29, 0.717) is 51.3 Å². The van der Waals surface area contributed by atoms with Gasteiger partial charge in [-0.2, -0.15) is 0 Å². The summed E-state index contributed by atoms with van der Waals surface area (Å²) in [7, 11) is 0. The Kier molecular flexibility index (Phi) is 7.43. The van der Waals surface area contributed by atoms with Crippen LogP contribution in [0.4, 0.5) is 0 Å². The van der Waals surface area contributed by atoms with E-state index in [0.717, 1.165) is 33.4 Å². The minimum absolute atomic E-state index is 0.0662. The third-order valence-electron chi connectivity index (χ3n) is 6.37. The molecule has 0 aliphatic carbocycles. The van der Waals surface area contributed by atoms with Gasteiger partial charge in [-0.05, 0) is 46.5 Å². The summed E-state index contributed by atoms with van der Waals surface area (Å²) in [5.74, 6) is -0.0164. The summed E-state index contributed by atoms with van der Waals surface area (Å²) in [6.45, 7) is 8.46. The lowest BCUT2D eigenvalue weighted by molar-refractivity contribution is -0.149. The third kappa shape index (κ3) is 5.27. The molecular weight excluding hydrogens is 460 g/mol. The van der Waals surface area contributed by atoms with Gasteiger partial charge in [-0.1, -0.05) is 0 Å². The van der Waals surface area contributed by atoms with Crippen LogP contribution >= 0.6 is 22.7 Å². The quantitative estimate of drug-likeness (QED) is 0.594. The first kappa shape index (κ1) is 23.8. The molecule has 0 saturated carbocycles. The van der Waals surface area contributed by atoms with E-state index >= 15 is 0 Å². The standard InChI is InChI=1S/C23H30N4O4S2/c1-4-31-23(30)17-7-11-26(12-8-17)21(28)18-13-32-20(25-18)16-5-9-27(10-6-16)22(29)19-14(2)24-15(3)33-19/h13,16-17H,4-12H2,1-3H3. The van der Waals surface area contributed by atoms with Crippen LogP contribution in [0.2, 0.25) is 0 Å². The van der Waals surface area contributed by atoms with Gasteiger partial charge in [0.2, 0.25) is 0 Å². The zero-order chi connectivity index (χ0) is 23.5. The fourth-order valence-corrected chi connectivity index (χ4v) is 6.37. The van der Waals surface area contributed by atoms with E-state index in [1.807, 2.05) is 24.1 Å². The van der Waals surface area contributed by atoms with Crippen LogP contribution in [0.15, 0.2) is 5.38 Å². The number of aryl methyl sites for hydroxylation is 2. The Morgan fingerprint density at radius 3 is 2.24 bits per heavy atom. The lowest BCUT2D eigenvalue weighted by Gasteiger charge is -2.31. The fraction of sp³-hybridized carbons (Fsp3) is 0.609. The number of rotatable bonds is 5. The Hall–Kier alpha value is -2.33. The third-order valence-corrected chi connectivity index (χ3v) is 8.44. The zero-order valence-corrected chi connectivity index (χ0v) is 21.0. The zero-order valence-electron chi connectivity index (χ0n) is 19.3. The van der Waals surface area contributed by atoms with Crippen molar-refractivity contribution in [1.29, 1.82) is 0 Å². The minimum atomic E-state index is -0.161. The Labute approximate surface area is 202 Å². The molecule has 0 spiro atoms. The van der Waals surface area contributed by atoms with E-state index in [9.17, 15) is 14.4 Å². The van der Waals surface area contributed by atoms with Gasteiger partial charge in [0, 0.05) is 37.5 Å². The highest BCUT2D eigenvalue weighted by Crippen LogP contribution is 2.32. The first-order chi connectivity index (χ1) is 15.9. The number of ether oxygens (including phenoxy) is 1. The molecule has 0 aromatic carbocycles. The molecule has 8 nitrogen and oxygen atoms in total. The van der Waals surface area contributed by atoms with E-state index in [1.165, 1.54) is 22.7 Å². The van der Waals surface area contributed by atoms with E-state index in [4.69, 9.17) is 4.74 Å². The second-order valence-electron chi connectivity index (χ2n) is 8.60. The summed E-state index contributed by atoms with van der Waals surface area (Å²) in [6.07, 6.45) is 2.95. The van der Waals surface area contributed by atoms with E-state index in [2.05, 4.69) is 9.97 Å². The second-order valence-corrected chi connectivity index (χ2v) is 10.7. The summed E-state index contributed by atoms with van der Waals surface area (Å²) >= 11 is 2.98. The van der Waals surface area contributed by atoms with E-state index < -0.39 is 0 Å². The van der Waals surface area contributed by atoms with Crippen molar-refractivity contribution in [2.24, 2.45) is 5.92 Å². The Balaban J connectivity index is 1.30. The van der Waals surface area contributed by atoms with Gasteiger partial charge in [-0.15, -0.1) is 22.7 Å². The molecule has 0 atom stereocenters. The summed E-state index contributed by atoms with van der Waals surface area (Å²) < 4.78 is 5.11. The normalized spacial score (nSPS) is 17.9. The van der Waals surface area contributed by atoms with Gasteiger partial charge in [0.1, 0.15) is 10.6 Å². The molecule has 2 saturated heterocycles. The van der Waals surface area contributed by atoms with Crippen molar-refractivity contribution in [3.05, 3.63) is 31.7 Å². The summed E-state index contributed by atoms with van der Waals surface area (Å²) in [5, 5.41) is 3.73. The highest BCUT2D eigenvalue weighted by atomic mass is 32.1. The van der Waals surface area contributed by atoms with E-state index in [-0.39, 0.29) is 29.6 Å². The number of amides is 2. The molecule has 4 rings (SSSR count). The second kappa shape index (κ2) is 10.3. The van der Waals surface area contributed by atoms with Gasteiger partial charge in [0.05, 0.1) is 28.2 Å². The van der Waals surface area contributed by atoms with Crippen LogP contribution in [-0.2, 0) is 9.53 Å². The van der Waals surface area contributed by atoms with Crippen LogP contribution in [0.3, 0.4) is 0 Å². The average molecular weight is 491 g/mol. The highest BCUT2D eigenvalue weighted by molar-refractivity contribution is 7.13. The fourth-order valence-electron chi connectivity index (χ4n) is 4.52. The number of carbonyl (C=O) groups is 3. The molecule has 2 aromatic heterocycles. The van der Waals surface area contributed by atoms with Crippen molar-refractivity contribution < 1.29 is 19.1 Å². The minimum Gasteiger partial charge on any atom is -0.466 e. The lowest BCUT2D eigenvalue weighted by Crippen LogP contribution is -2.40. The number of thiazole rings is 2. The number of esters is 1. The molecule has 2 aromatic rings. The van der Waals surface area contributed by atoms with Gasteiger partial charge in [-0.3, -0.25) is 14.4 Å². The molecule has 0 radical (unpaired) electrons. The monoisotopic (exact) mass is 490 g/mol. The van der Waals surface area contributed by atoms with Gasteiger partial charge in [0.15, 0.2) is 0 Å². The summed E-state index contributed by atoms with van der Waals surface area (Å²) in [4.78, 5) is 51.2. The molecule has 0 bridgehead atoms. The van der Waals surface area contributed by atoms with Gasteiger partial charge >= 0.3 is 5.97 Å². The van der Waals surface area contributed by atoms with Crippen LogP contribution < -0.4 is 0 Å². The summed E-state index contributed by atoms with van der Waals surface area (Å²) in [5.41, 5.74) is 1.29. The number of likely N-dealkylation sites (tertiary alicyclic amines) is 2. The van der Waals surface area contributed by atoms with Crippen molar-refractivity contribution in [1.82, 2.24) is 19.8 Å². The van der Waals surface area contributed by atoms with Crippen LogP contribution in [0.5, 0.6) is 0 Å². The molecule has 0 N–H and O–H groups in total. The predicted molar refractivity (Wildman–Crippen MR) is 127 cm³/mol.